The van der Waals surface area contributed by atoms with Gasteiger partial charge in [0.25, 0.3) is 5.91 Å². The van der Waals surface area contributed by atoms with Crippen molar-refractivity contribution >= 4 is 28.7 Å². The zero-order valence-electron chi connectivity index (χ0n) is 23.8. The van der Waals surface area contributed by atoms with Crippen LogP contribution >= 0.6 is 0 Å². The number of hydrogen-bond donors (Lipinski definition) is 3. The number of ketones is 1. The van der Waals surface area contributed by atoms with Crippen LogP contribution in [0.5, 0.6) is 0 Å². The number of amides is 1. The first-order chi connectivity index (χ1) is 19.6. The smallest absolute Gasteiger partial charge is 0.258 e. The van der Waals surface area contributed by atoms with E-state index < -0.39 is 0 Å². The Morgan fingerprint density at radius 2 is 1.85 bits per heavy atom. The molecule has 1 aliphatic carbocycles. The molecule has 0 atom stereocenters. The molecule has 1 saturated carbocycles. The van der Waals surface area contributed by atoms with Crippen LogP contribution in [0.25, 0.3) is 17.0 Å². The highest BCUT2D eigenvalue weighted by molar-refractivity contribution is 5.91. The summed E-state index contributed by atoms with van der Waals surface area (Å²) >= 11 is 0. The summed E-state index contributed by atoms with van der Waals surface area (Å²) in [5.41, 5.74) is 10.2. The van der Waals surface area contributed by atoms with Gasteiger partial charge in [-0.2, -0.15) is 0 Å². The summed E-state index contributed by atoms with van der Waals surface area (Å²) in [4.78, 5) is 30.1. The molecule has 4 rings (SSSR count). The van der Waals surface area contributed by atoms with Gasteiger partial charge in [-0.05, 0) is 54.5 Å². The summed E-state index contributed by atoms with van der Waals surface area (Å²) in [5, 5.41) is 1.27. The van der Waals surface area contributed by atoms with Crippen LogP contribution in [0.4, 0.5) is 0 Å². The maximum Gasteiger partial charge on any atom is 0.258 e. The van der Waals surface area contributed by atoms with Gasteiger partial charge in [0.05, 0.1) is 13.2 Å². The molecule has 1 amide bonds. The number of aromatic nitrogens is 1. The van der Waals surface area contributed by atoms with Gasteiger partial charge in [0.2, 0.25) is 0 Å². The second-order valence-corrected chi connectivity index (χ2v) is 10.7. The first kappa shape index (κ1) is 29.7. The molecule has 3 N–H and O–H groups in total. The molecular formula is C33H44N4O3. The van der Waals surface area contributed by atoms with Gasteiger partial charge in [-0.15, -0.1) is 0 Å². The Hall–Kier alpha value is -3.26. The van der Waals surface area contributed by atoms with E-state index in [4.69, 9.17) is 4.74 Å². The van der Waals surface area contributed by atoms with Gasteiger partial charge in [-0.1, -0.05) is 62.2 Å². The molecule has 0 spiro atoms. The highest BCUT2D eigenvalue weighted by Gasteiger charge is 2.22. The van der Waals surface area contributed by atoms with Crippen LogP contribution in [0.2, 0.25) is 0 Å². The van der Waals surface area contributed by atoms with Gasteiger partial charge in [0.1, 0.15) is 5.78 Å². The fraction of sp³-hybridized carbons (Fsp3) is 0.455. The molecule has 0 saturated heterocycles. The number of ether oxygens (including phenoxy) is 1. The minimum absolute atomic E-state index is 0.161. The zero-order chi connectivity index (χ0) is 28.0. The van der Waals surface area contributed by atoms with Crippen molar-refractivity contribution in [2.75, 3.05) is 32.8 Å². The molecule has 0 unspecified atom stereocenters. The van der Waals surface area contributed by atoms with E-state index in [0.717, 1.165) is 62.9 Å². The Morgan fingerprint density at radius 1 is 1.05 bits per heavy atom. The standard InChI is InChI=1S/C33H44N4O3/c1-2-19-35-36-33(39)16-15-26-11-13-27(14-12-26)25-37(20-17-29-24-34-31-10-6-5-9-30(29)31)21-23-40-22-18-32(38)28-7-3-4-8-28/h5-6,9-16,24,28,34-35H,2-4,7-8,17-23,25H2,1H3,(H,36,39)/b16-15+. The lowest BCUT2D eigenvalue weighted by Crippen LogP contribution is -2.36. The third-order valence-electron chi connectivity index (χ3n) is 7.63. The summed E-state index contributed by atoms with van der Waals surface area (Å²) < 4.78 is 5.93. The normalized spacial score (nSPS) is 14.1. The van der Waals surface area contributed by atoms with E-state index >= 15 is 0 Å². The SMILES string of the molecule is CCCNNC(=O)/C=C/c1ccc(CN(CCOCCC(=O)C2CCCC2)CCc2c[nH]c3ccccc23)cc1. The molecule has 2 aromatic carbocycles. The number of hydrazine groups is 1. The zero-order valence-corrected chi connectivity index (χ0v) is 23.8. The lowest BCUT2D eigenvalue weighted by atomic mass is 10.0. The number of rotatable bonds is 17. The highest BCUT2D eigenvalue weighted by atomic mass is 16.5. The molecule has 0 aliphatic heterocycles. The summed E-state index contributed by atoms with van der Waals surface area (Å²) in [6.45, 7) is 6.41. The van der Waals surface area contributed by atoms with E-state index in [9.17, 15) is 9.59 Å². The van der Waals surface area contributed by atoms with Crippen molar-refractivity contribution in [2.45, 2.75) is 58.4 Å². The van der Waals surface area contributed by atoms with Gasteiger partial charge in [-0.25, -0.2) is 5.43 Å². The van der Waals surface area contributed by atoms with Gasteiger partial charge in [-0.3, -0.25) is 19.9 Å². The topological polar surface area (TPSA) is 86.5 Å². The van der Waals surface area contributed by atoms with Gasteiger partial charge in [0.15, 0.2) is 0 Å². The quantitative estimate of drug-likeness (QED) is 0.120. The van der Waals surface area contributed by atoms with Crippen molar-refractivity contribution in [1.29, 1.82) is 0 Å². The van der Waals surface area contributed by atoms with Crippen molar-refractivity contribution in [1.82, 2.24) is 20.7 Å². The van der Waals surface area contributed by atoms with E-state index in [0.29, 0.717) is 25.4 Å². The summed E-state index contributed by atoms with van der Waals surface area (Å²) in [6.07, 6.45) is 12.4. The van der Waals surface area contributed by atoms with E-state index in [1.807, 2.05) is 25.1 Å². The molecule has 1 aliphatic rings. The Balaban J connectivity index is 1.30. The minimum Gasteiger partial charge on any atom is -0.380 e. The molecule has 0 bridgehead atoms. The number of benzene rings is 2. The van der Waals surface area contributed by atoms with Gasteiger partial charge < -0.3 is 9.72 Å². The molecule has 7 heteroatoms. The minimum atomic E-state index is -0.161. The van der Waals surface area contributed by atoms with Gasteiger partial charge >= 0.3 is 0 Å². The van der Waals surface area contributed by atoms with Crippen molar-refractivity contribution in [3.8, 4) is 0 Å². The van der Waals surface area contributed by atoms with Crippen LogP contribution in [-0.4, -0.2) is 54.4 Å². The monoisotopic (exact) mass is 544 g/mol. The Morgan fingerprint density at radius 3 is 2.65 bits per heavy atom. The first-order valence-corrected chi connectivity index (χ1v) is 14.8. The second kappa shape index (κ2) is 16.1. The van der Waals surface area contributed by atoms with Crippen LogP contribution < -0.4 is 10.9 Å². The molecule has 3 aromatic rings. The molecular weight excluding hydrogens is 500 g/mol. The Kier molecular flexibility index (Phi) is 12.0. The lowest BCUT2D eigenvalue weighted by molar-refractivity contribution is -0.123. The lowest BCUT2D eigenvalue weighted by Gasteiger charge is -2.22. The largest absolute Gasteiger partial charge is 0.380 e. The fourth-order valence-electron chi connectivity index (χ4n) is 5.29. The van der Waals surface area contributed by atoms with Crippen molar-refractivity contribution in [3.63, 3.8) is 0 Å². The fourth-order valence-corrected chi connectivity index (χ4v) is 5.29. The number of carbonyl (C=O) groups is 2. The molecule has 1 heterocycles. The number of nitrogens with zero attached hydrogens (tertiary/aromatic N) is 1. The van der Waals surface area contributed by atoms with Crippen LogP contribution in [0, 0.1) is 5.92 Å². The van der Waals surface area contributed by atoms with Crippen LogP contribution in [0.1, 0.15) is 62.1 Å². The summed E-state index contributed by atoms with van der Waals surface area (Å²) in [6, 6.07) is 16.7. The third-order valence-corrected chi connectivity index (χ3v) is 7.63. The number of carbonyl (C=O) groups excluding carboxylic acids is 2. The maximum absolute atomic E-state index is 12.4. The predicted octanol–water partition coefficient (Wildman–Crippen LogP) is 5.42. The molecule has 7 nitrogen and oxygen atoms in total. The Bertz CT molecular complexity index is 1230. The average Bonchev–Trinajstić information content (AvgIpc) is 3.66. The van der Waals surface area contributed by atoms with Crippen LogP contribution in [-0.2, 0) is 27.3 Å². The van der Waals surface area contributed by atoms with Crippen molar-refractivity contribution in [2.24, 2.45) is 5.92 Å². The van der Waals surface area contributed by atoms with Gasteiger partial charge in [0, 0.05) is 61.7 Å². The summed E-state index contributed by atoms with van der Waals surface area (Å²) in [5.74, 6) is 0.477. The Labute approximate surface area is 238 Å². The predicted molar refractivity (Wildman–Crippen MR) is 162 cm³/mol. The van der Waals surface area contributed by atoms with E-state index in [1.54, 1.807) is 6.08 Å². The van der Waals surface area contributed by atoms with E-state index in [1.165, 1.54) is 29.4 Å². The number of Topliss-reactive ketones (excluding diaryl/α,β-unsaturated/α-hetero) is 1. The highest BCUT2D eigenvalue weighted by Crippen LogP contribution is 2.26. The number of fused-ring (bicyclic) bond motifs is 1. The molecule has 40 heavy (non-hydrogen) atoms. The van der Waals surface area contributed by atoms with Crippen molar-refractivity contribution in [3.05, 3.63) is 77.5 Å². The first-order valence-electron chi connectivity index (χ1n) is 14.8. The van der Waals surface area contributed by atoms with Crippen molar-refractivity contribution < 1.29 is 14.3 Å². The molecule has 1 fully saturated rings. The number of para-hydroxylation sites is 1. The van der Waals surface area contributed by atoms with Crippen LogP contribution in [0.15, 0.2) is 60.8 Å². The molecule has 0 radical (unpaired) electrons. The third kappa shape index (κ3) is 9.44. The summed E-state index contributed by atoms with van der Waals surface area (Å²) in [7, 11) is 0. The van der Waals surface area contributed by atoms with E-state index in [-0.39, 0.29) is 11.8 Å². The van der Waals surface area contributed by atoms with Crippen LogP contribution in [0.3, 0.4) is 0 Å². The number of H-pyrrole nitrogens is 1. The maximum atomic E-state index is 12.4. The number of nitrogens with one attached hydrogen (secondary N) is 3. The molecule has 1 aromatic heterocycles. The molecule has 214 valence electrons. The number of aromatic amines is 1. The second-order valence-electron chi connectivity index (χ2n) is 10.7. The number of hydrogen-bond acceptors (Lipinski definition) is 5. The van der Waals surface area contributed by atoms with E-state index in [2.05, 4.69) is 63.3 Å². The average molecular weight is 545 g/mol.